The summed E-state index contributed by atoms with van der Waals surface area (Å²) in [6.45, 7) is 2.84. The van der Waals surface area contributed by atoms with E-state index < -0.39 is 0 Å². The molecule has 0 saturated carbocycles. The number of rotatable bonds is 7. The molecule has 0 aliphatic carbocycles. The van der Waals surface area contributed by atoms with Gasteiger partial charge < -0.3 is 15.2 Å². The molecule has 1 aromatic heterocycles. The third-order valence-corrected chi connectivity index (χ3v) is 4.82. The van der Waals surface area contributed by atoms with Crippen LogP contribution >= 0.6 is 0 Å². The van der Waals surface area contributed by atoms with Crippen LogP contribution in [0.1, 0.15) is 23.8 Å². The van der Waals surface area contributed by atoms with E-state index in [9.17, 15) is 4.79 Å². The molecule has 0 saturated heterocycles. The van der Waals surface area contributed by atoms with Crippen molar-refractivity contribution in [3.05, 3.63) is 97.1 Å². The van der Waals surface area contributed by atoms with Gasteiger partial charge in [0.2, 0.25) is 0 Å². The molecule has 0 spiro atoms. The van der Waals surface area contributed by atoms with Crippen molar-refractivity contribution in [1.82, 2.24) is 9.55 Å². The summed E-state index contributed by atoms with van der Waals surface area (Å²) >= 11 is 0. The molecule has 0 fully saturated rings. The van der Waals surface area contributed by atoms with Gasteiger partial charge in [0.05, 0.1) is 12.5 Å². The van der Waals surface area contributed by atoms with E-state index in [-0.39, 0.29) is 5.91 Å². The highest BCUT2D eigenvalue weighted by Crippen LogP contribution is 2.32. The Bertz CT molecular complexity index is 1120. The number of aromatic nitrogens is 2. The second kappa shape index (κ2) is 9.09. The lowest BCUT2D eigenvalue weighted by Crippen LogP contribution is -2.17. The molecule has 0 aliphatic rings. The van der Waals surface area contributed by atoms with E-state index >= 15 is 0 Å². The molecular formula is C25H24N4O. The molecule has 5 nitrogen and oxygen atoms in total. The van der Waals surface area contributed by atoms with Crippen molar-refractivity contribution in [2.24, 2.45) is 0 Å². The number of carbonyl (C=O) groups excluding carboxylic acids is 1. The van der Waals surface area contributed by atoms with Gasteiger partial charge in [-0.15, -0.1) is 0 Å². The number of hydrogen-bond donors (Lipinski definition) is 2. The average molecular weight is 396 g/mol. The monoisotopic (exact) mass is 396 g/mol. The number of nitrogens with one attached hydrogen (secondary N) is 2. The Morgan fingerprint density at radius 1 is 0.933 bits per heavy atom. The van der Waals surface area contributed by atoms with E-state index in [1.54, 1.807) is 12.5 Å². The molecule has 1 amide bonds. The van der Waals surface area contributed by atoms with Gasteiger partial charge in [0.25, 0.3) is 5.91 Å². The number of hydrogen-bond acceptors (Lipinski definition) is 3. The Hall–Kier alpha value is -3.86. The first-order chi connectivity index (χ1) is 14.7. The number of carbonyl (C=O) groups is 1. The molecular weight excluding hydrogens is 372 g/mol. The van der Waals surface area contributed by atoms with Crippen LogP contribution in [0.4, 0.5) is 17.1 Å². The number of aryl methyl sites for hydroxylation is 1. The maximum Gasteiger partial charge on any atom is 0.273 e. The van der Waals surface area contributed by atoms with Crippen LogP contribution < -0.4 is 10.6 Å². The Kier molecular flexibility index (Phi) is 5.90. The summed E-state index contributed by atoms with van der Waals surface area (Å²) in [4.78, 5) is 17.1. The molecule has 0 atom stereocenters. The highest BCUT2D eigenvalue weighted by Gasteiger charge is 2.15. The first-order valence-electron chi connectivity index (χ1n) is 10.1. The zero-order valence-corrected chi connectivity index (χ0v) is 16.9. The first kappa shape index (κ1) is 19.5. The second-order valence-electron chi connectivity index (χ2n) is 7.04. The van der Waals surface area contributed by atoms with Gasteiger partial charge in [-0.2, -0.15) is 0 Å². The van der Waals surface area contributed by atoms with Gasteiger partial charge in [-0.25, -0.2) is 4.98 Å². The van der Waals surface area contributed by atoms with Gasteiger partial charge in [-0.1, -0.05) is 55.5 Å². The molecule has 0 bridgehead atoms. The number of para-hydroxylation sites is 1. The summed E-state index contributed by atoms with van der Waals surface area (Å²) in [5, 5.41) is 6.49. The van der Waals surface area contributed by atoms with E-state index in [0.29, 0.717) is 5.69 Å². The van der Waals surface area contributed by atoms with E-state index in [2.05, 4.69) is 28.6 Å². The fourth-order valence-electron chi connectivity index (χ4n) is 3.39. The van der Waals surface area contributed by atoms with Crippen molar-refractivity contribution < 1.29 is 4.79 Å². The summed E-state index contributed by atoms with van der Waals surface area (Å²) in [7, 11) is 0. The summed E-state index contributed by atoms with van der Waals surface area (Å²) in [5.74, 6) is -0.165. The van der Waals surface area contributed by atoms with Crippen molar-refractivity contribution in [3.8, 4) is 11.1 Å². The number of anilines is 3. The predicted octanol–water partition coefficient (Wildman–Crippen LogP) is 5.96. The topological polar surface area (TPSA) is 59.0 Å². The largest absolute Gasteiger partial charge is 0.356 e. The van der Waals surface area contributed by atoms with Crippen molar-refractivity contribution >= 4 is 23.0 Å². The van der Waals surface area contributed by atoms with Crippen molar-refractivity contribution in [2.45, 2.75) is 19.9 Å². The molecule has 150 valence electrons. The van der Waals surface area contributed by atoms with Crippen molar-refractivity contribution in [3.63, 3.8) is 0 Å². The molecule has 4 rings (SSSR count). The minimum atomic E-state index is -0.165. The molecule has 0 radical (unpaired) electrons. The highest BCUT2D eigenvalue weighted by molar-refractivity contribution is 6.05. The minimum Gasteiger partial charge on any atom is -0.356 e. The first-order valence-corrected chi connectivity index (χ1v) is 10.1. The summed E-state index contributed by atoms with van der Waals surface area (Å²) < 4.78 is 1.88. The van der Waals surface area contributed by atoms with Crippen LogP contribution in [-0.4, -0.2) is 15.5 Å². The van der Waals surface area contributed by atoms with Crippen LogP contribution in [0.2, 0.25) is 0 Å². The quantitative estimate of drug-likeness (QED) is 0.405. The lowest BCUT2D eigenvalue weighted by molar-refractivity contribution is 0.101. The zero-order valence-electron chi connectivity index (χ0n) is 16.9. The van der Waals surface area contributed by atoms with Gasteiger partial charge in [-0.3, -0.25) is 4.79 Å². The molecule has 30 heavy (non-hydrogen) atoms. The van der Waals surface area contributed by atoms with Crippen LogP contribution in [0.25, 0.3) is 11.1 Å². The highest BCUT2D eigenvalue weighted by atomic mass is 16.2. The molecule has 2 N–H and O–H groups in total. The number of nitrogens with zero attached hydrogens (tertiary/aromatic N) is 2. The number of amides is 1. The number of imidazole rings is 1. The summed E-state index contributed by atoms with van der Waals surface area (Å²) in [6, 6.07) is 26.0. The fraction of sp³-hybridized carbons (Fsp3) is 0.120. The Balaban J connectivity index is 1.66. The summed E-state index contributed by atoms with van der Waals surface area (Å²) in [5.41, 5.74) is 5.26. The van der Waals surface area contributed by atoms with E-state index in [1.807, 2.05) is 77.4 Å². The molecule has 5 heteroatoms. The second-order valence-corrected chi connectivity index (χ2v) is 7.04. The normalized spacial score (nSPS) is 10.6. The van der Waals surface area contributed by atoms with Crippen LogP contribution in [0.5, 0.6) is 0 Å². The van der Waals surface area contributed by atoms with Crippen LogP contribution in [-0.2, 0) is 6.54 Å². The molecule has 0 aliphatic heterocycles. The predicted molar refractivity (Wildman–Crippen MR) is 122 cm³/mol. The number of benzene rings is 3. The van der Waals surface area contributed by atoms with Crippen LogP contribution in [0.15, 0.2) is 91.4 Å². The van der Waals surface area contributed by atoms with Gasteiger partial charge >= 0.3 is 0 Å². The van der Waals surface area contributed by atoms with Gasteiger partial charge in [-0.05, 0) is 42.3 Å². The zero-order chi connectivity index (χ0) is 20.8. The smallest absolute Gasteiger partial charge is 0.273 e. The third-order valence-electron chi connectivity index (χ3n) is 4.82. The standard InChI is InChI=1S/C25H24N4O/c1-2-15-29-18-26-17-24(29)25(30)28-23-14-13-21(27-20-11-7-4-8-12-20)16-22(23)19-9-5-3-6-10-19/h3-14,16-18,27H,2,15H2,1H3,(H,28,30). The molecule has 0 unspecified atom stereocenters. The van der Waals surface area contributed by atoms with Crippen LogP contribution in [0.3, 0.4) is 0 Å². The van der Waals surface area contributed by atoms with Gasteiger partial charge in [0, 0.05) is 29.2 Å². The maximum absolute atomic E-state index is 12.9. The van der Waals surface area contributed by atoms with E-state index in [1.165, 1.54) is 0 Å². The van der Waals surface area contributed by atoms with Crippen molar-refractivity contribution in [1.29, 1.82) is 0 Å². The third kappa shape index (κ3) is 4.41. The van der Waals surface area contributed by atoms with Crippen molar-refractivity contribution in [2.75, 3.05) is 10.6 Å². The van der Waals surface area contributed by atoms with Crippen LogP contribution in [0, 0.1) is 0 Å². The Labute approximate surface area is 176 Å². The fourth-order valence-corrected chi connectivity index (χ4v) is 3.39. The lowest BCUT2D eigenvalue weighted by atomic mass is 10.0. The van der Waals surface area contributed by atoms with Gasteiger partial charge in [0.15, 0.2) is 0 Å². The minimum absolute atomic E-state index is 0.165. The Morgan fingerprint density at radius 2 is 1.67 bits per heavy atom. The molecule has 4 aromatic rings. The Morgan fingerprint density at radius 3 is 2.40 bits per heavy atom. The van der Waals surface area contributed by atoms with E-state index in [4.69, 9.17) is 0 Å². The average Bonchev–Trinajstić information content (AvgIpc) is 3.25. The SMILES string of the molecule is CCCn1cncc1C(=O)Nc1ccc(Nc2ccccc2)cc1-c1ccccc1. The van der Waals surface area contributed by atoms with Gasteiger partial charge in [0.1, 0.15) is 5.69 Å². The molecule has 3 aromatic carbocycles. The van der Waals surface area contributed by atoms with E-state index in [0.717, 1.165) is 41.2 Å². The molecule has 1 heterocycles. The summed E-state index contributed by atoms with van der Waals surface area (Å²) in [6.07, 6.45) is 4.24. The maximum atomic E-state index is 12.9. The lowest BCUT2D eigenvalue weighted by Gasteiger charge is -2.15.